The standard InChI is InChI=1S/C13H20FNO2/c1-9(2)17-13-5-4-10(8-11(13)14)12(15-3)6-7-16/h4-5,8-9,12,15-16H,6-7H2,1-3H3. The van der Waals surface area contributed by atoms with Crippen LogP contribution in [0, 0.1) is 5.82 Å². The third-order valence-electron chi connectivity index (χ3n) is 2.49. The van der Waals surface area contributed by atoms with Gasteiger partial charge in [-0.25, -0.2) is 4.39 Å². The summed E-state index contributed by atoms with van der Waals surface area (Å²) in [5.41, 5.74) is 0.815. The van der Waals surface area contributed by atoms with Crippen molar-refractivity contribution in [3.05, 3.63) is 29.6 Å². The molecule has 0 heterocycles. The van der Waals surface area contributed by atoms with Crippen LogP contribution in [0.5, 0.6) is 5.75 Å². The highest BCUT2D eigenvalue weighted by Crippen LogP contribution is 2.24. The van der Waals surface area contributed by atoms with E-state index in [-0.39, 0.29) is 30.3 Å². The molecule has 0 aliphatic carbocycles. The van der Waals surface area contributed by atoms with E-state index >= 15 is 0 Å². The van der Waals surface area contributed by atoms with Crippen LogP contribution in [-0.2, 0) is 0 Å². The van der Waals surface area contributed by atoms with Crippen LogP contribution in [0.25, 0.3) is 0 Å². The Morgan fingerprint density at radius 3 is 2.59 bits per heavy atom. The highest BCUT2D eigenvalue weighted by molar-refractivity contribution is 5.31. The van der Waals surface area contributed by atoms with Crippen LogP contribution in [0.15, 0.2) is 18.2 Å². The second-order valence-corrected chi connectivity index (χ2v) is 4.21. The fourth-order valence-corrected chi connectivity index (χ4v) is 1.69. The van der Waals surface area contributed by atoms with Gasteiger partial charge in [-0.1, -0.05) is 6.07 Å². The van der Waals surface area contributed by atoms with Crippen LogP contribution in [0.1, 0.15) is 31.9 Å². The molecule has 1 rings (SSSR count). The van der Waals surface area contributed by atoms with Crippen LogP contribution in [0.2, 0.25) is 0 Å². The van der Waals surface area contributed by atoms with Gasteiger partial charge in [-0.3, -0.25) is 0 Å². The highest BCUT2D eigenvalue weighted by Gasteiger charge is 2.12. The summed E-state index contributed by atoms with van der Waals surface area (Å²) >= 11 is 0. The molecule has 0 fully saturated rings. The van der Waals surface area contributed by atoms with Crippen LogP contribution in [0.3, 0.4) is 0 Å². The Morgan fingerprint density at radius 2 is 2.12 bits per heavy atom. The fraction of sp³-hybridized carbons (Fsp3) is 0.538. The van der Waals surface area contributed by atoms with Gasteiger partial charge in [-0.15, -0.1) is 0 Å². The predicted octanol–water partition coefficient (Wildman–Crippen LogP) is 2.26. The molecule has 0 saturated carbocycles. The zero-order valence-corrected chi connectivity index (χ0v) is 10.5. The second-order valence-electron chi connectivity index (χ2n) is 4.21. The van der Waals surface area contributed by atoms with Gasteiger partial charge >= 0.3 is 0 Å². The number of halogens is 1. The lowest BCUT2D eigenvalue weighted by atomic mass is 10.0. The number of hydrogen-bond acceptors (Lipinski definition) is 3. The molecular weight excluding hydrogens is 221 g/mol. The Balaban J connectivity index is 2.86. The minimum atomic E-state index is -0.366. The van der Waals surface area contributed by atoms with Crippen molar-refractivity contribution in [2.24, 2.45) is 0 Å². The van der Waals surface area contributed by atoms with Crippen molar-refractivity contribution in [2.75, 3.05) is 13.7 Å². The quantitative estimate of drug-likeness (QED) is 0.802. The summed E-state index contributed by atoms with van der Waals surface area (Å²) in [4.78, 5) is 0. The Bertz CT molecular complexity index is 355. The summed E-state index contributed by atoms with van der Waals surface area (Å²) < 4.78 is 19.1. The van der Waals surface area contributed by atoms with Crippen LogP contribution < -0.4 is 10.1 Å². The Morgan fingerprint density at radius 1 is 1.41 bits per heavy atom. The van der Waals surface area contributed by atoms with Crippen molar-refractivity contribution >= 4 is 0 Å². The molecule has 0 bridgehead atoms. The molecule has 2 N–H and O–H groups in total. The van der Waals surface area contributed by atoms with E-state index in [4.69, 9.17) is 9.84 Å². The zero-order valence-electron chi connectivity index (χ0n) is 10.5. The number of aliphatic hydroxyl groups is 1. The van der Waals surface area contributed by atoms with Gasteiger partial charge < -0.3 is 15.2 Å². The molecule has 1 aromatic carbocycles. The Labute approximate surface area is 102 Å². The maximum absolute atomic E-state index is 13.7. The van der Waals surface area contributed by atoms with E-state index in [1.165, 1.54) is 6.07 Å². The lowest BCUT2D eigenvalue weighted by Gasteiger charge is -2.17. The summed E-state index contributed by atoms with van der Waals surface area (Å²) in [5, 5.41) is 12.0. The van der Waals surface area contributed by atoms with Crippen molar-refractivity contribution in [1.82, 2.24) is 5.32 Å². The molecule has 1 unspecified atom stereocenters. The minimum absolute atomic E-state index is 0.0393. The first kappa shape index (κ1) is 13.9. The van der Waals surface area contributed by atoms with Gasteiger partial charge in [0.25, 0.3) is 0 Å². The summed E-state index contributed by atoms with van der Waals surface area (Å²) in [6.45, 7) is 3.78. The molecule has 0 aromatic heterocycles. The molecule has 17 heavy (non-hydrogen) atoms. The molecule has 3 nitrogen and oxygen atoms in total. The molecule has 0 radical (unpaired) electrons. The lowest BCUT2D eigenvalue weighted by Crippen LogP contribution is -2.18. The topological polar surface area (TPSA) is 41.5 Å². The second kappa shape index (κ2) is 6.57. The van der Waals surface area contributed by atoms with E-state index in [1.54, 1.807) is 13.1 Å². The van der Waals surface area contributed by atoms with E-state index in [0.717, 1.165) is 5.56 Å². The van der Waals surface area contributed by atoms with E-state index in [1.807, 2.05) is 19.9 Å². The molecule has 0 saturated heterocycles. The summed E-state index contributed by atoms with van der Waals surface area (Å²) in [7, 11) is 1.79. The van der Waals surface area contributed by atoms with Gasteiger partial charge in [0.15, 0.2) is 11.6 Å². The van der Waals surface area contributed by atoms with Gasteiger partial charge in [0.2, 0.25) is 0 Å². The minimum Gasteiger partial charge on any atom is -0.488 e. The molecule has 1 atom stereocenters. The smallest absolute Gasteiger partial charge is 0.165 e. The number of nitrogens with one attached hydrogen (secondary N) is 1. The van der Waals surface area contributed by atoms with Crippen molar-refractivity contribution in [1.29, 1.82) is 0 Å². The molecule has 0 aliphatic heterocycles. The number of rotatable bonds is 6. The van der Waals surface area contributed by atoms with Crippen molar-refractivity contribution < 1.29 is 14.2 Å². The van der Waals surface area contributed by atoms with Crippen molar-refractivity contribution in [3.63, 3.8) is 0 Å². The largest absolute Gasteiger partial charge is 0.488 e. The zero-order chi connectivity index (χ0) is 12.8. The van der Waals surface area contributed by atoms with Gasteiger partial charge in [-0.05, 0) is 45.0 Å². The Kier molecular flexibility index (Phi) is 5.38. The van der Waals surface area contributed by atoms with Crippen LogP contribution >= 0.6 is 0 Å². The molecule has 0 spiro atoms. The molecule has 96 valence electrons. The summed E-state index contributed by atoms with van der Waals surface area (Å²) in [6, 6.07) is 4.86. The van der Waals surface area contributed by atoms with E-state index in [9.17, 15) is 4.39 Å². The van der Waals surface area contributed by atoms with Crippen LogP contribution in [-0.4, -0.2) is 24.9 Å². The molecule has 0 amide bonds. The van der Waals surface area contributed by atoms with Crippen molar-refractivity contribution in [2.45, 2.75) is 32.4 Å². The lowest BCUT2D eigenvalue weighted by molar-refractivity contribution is 0.231. The first-order chi connectivity index (χ1) is 8.08. The molecular formula is C13H20FNO2. The summed E-state index contributed by atoms with van der Waals surface area (Å²) in [5.74, 6) is -0.100. The molecule has 0 aliphatic rings. The maximum atomic E-state index is 13.7. The van der Waals surface area contributed by atoms with Gasteiger partial charge in [-0.2, -0.15) is 0 Å². The predicted molar refractivity (Wildman–Crippen MR) is 65.7 cm³/mol. The molecule has 4 heteroatoms. The average molecular weight is 241 g/mol. The van der Waals surface area contributed by atoms with E-state index in [2.05, 4.69) is 5.32 Å². The number of aliphatic hydroxyl groups excluding tert-OH is 1. The van der Waals surface area contributed by atoms with Crippen molar-refractivity contribution in [3.8, 4) is 5.75 Å². The van der Waals surface area contributed by atoms with Gasteiger partial charge in [0.05, 0.1) is 6.10 Å². The maximum Gasteiger partial charge on any atom is 0.165 e. The van der Waals surface area contributed by atoms with Crippen LogP contribution in [0.4, 0.5) is 4.39 Å². The van der Waals surface area contributed by atoms with E-state index < -0.39 is 0 Å². The first-order valence-electron chi connectivity index (χ1n) is 5.82. The summed E-state index contributed by atoms with van der Waals surface area (Å²) in [6.07, 6.45) is 0.508. The third-order valence-corrected chi connectivity index (χ3v) is 2.49. The fourth-order valence-electron chi connectivity index (χ4n) is 1.69. The average Bonchev–Trinajstić information content (AvgIpc) is 2.28. The third kappa shape index (κ3) is 3.98. The van der Waals surface area contributed by atoms with E-state index in [0.29, 0.717) is 6.42 Å². The highest BCUT2D eigenvalue weighted by atomic mass is 19.1. The SMILES string of the molecule is CNC(CCO)c1ccc(OC(C)C)c(F)c1. The number of benzene rings is 1. The first-order valence-corrected chi connectivity index (χ1v) is 5.82. The number of ether oxygens (including phenoxy) is 1. The van der Waals surface area contributed by atoms with Gasteiger partial charge in [0.1, 0.15) is 0 Å². The monoisotopic (exact) mass is 241 g/mol. The Hall–Kier alpha value is -1.13. The molecule has 1 aromatic rings. The number of hydrogen-bond donors (Lipinski definition) is 2. The normalized spacial score (nSPS) is 12.8. The van der Waals surface area contributed by atoms with Gasteiger partial charge in [0, 0.05) is 12.6 Å².